The molecule has 1 heterocycles. The molecule has 2 aliphatic carbocycles. The lowest BCUT2D eigenvalue weighted by molar-refractivity contribution is 0.411. The van der Waals surface area contributed by atoms with Gasteiger partial charge in [-0.15, -0.1) is 11.3 Å². The van der Waals surface area contributed by atoms with Gasteiger partial charge >= 0.3 is 0 Å². The first kappa shape index (κ1) is 15.5. The van der Waals surface area contributed by atoms with E-state index in [1.165, 1.54) is 25.7 Å². The molecule has 118 valence electrons. The summed E-state index contributed by atoms with van der Waals surface area (Å²) in [4.78, 5) is 1.52. The van der Waals surface area contributed by atoms with Crippen molar-refractivity contribution in [3.8, 4) is 0 Å². The summed E-state index contributed by atoms with van der Waals surface area (Å²) in [5.74, 6) is 0.576. The number of thiophene rings is 1. The van der Waals surface area contributed by atoms with Gasteiger partial charge in [0.2, 0.25) is 10.0 Å². The summed E-state index contributed by atoms with van der Waals surface area (Å²) in [6.07, 6.45) is 4.78. The molecule has 0 bridgehead atoms. The SMILES string of the molecule is CCN(CC1CC1)S(=O)(=O)c1c(C)csc1CNC1CC1. The lowest BCUT2D eigenvalue weighted by Crippen LogP contribution is -2.33. The predicted molar refractivity (Wildman–Crippen MR) is 86.1 cm³/mol. The summed E-state index contributed by atoms with van der Waals surface area (Å²) in [6.45, 7) is 5.77. The predicted octanol–water partition coefficient (Wildman–Crippen LogP) is 2.73. The Morgan fingerprint density at radius 2 is 2.05 bits per heavy atom. The fourth-order valence-electron chi connectivity index (χ4n) is 2.59. The molecule has 0 unspecified atom stereocenters. The molecule has 2 aliphatic rings. The average molecular weight is 329 g/mol. The zero-order chi connectivity index (χ0) is 15.0. The van der Waals surface area contributed by atoms with Crippen LogP contribution in [0.15, 0.2) is 10.3 Å². The zero-order valence-corrected chi connectivity index (χ0v) is 14.4. The topological polar surface area (TPSA) is 49.4 Å². The Hall–Kier alpha value is -0.430. The Labute approximate surface area is 131 Å². The zero-order valence-electron chi connectivity index (χ0n) is 12.8. The van der Waals surface area contributed by atoms with Crippen molar-refractivity contribution in [3.05, 3.63) is 15.8 Å². The monoisotopic (exact) mass is 328 g/mol. The molecule has 2 saturated carbocycles. The molecule has 0 aliphatic heterocycles. The van der Waals surface area contributed by atoms with Crippen LogP contribution in [0.25, 0.3) is 0 Å². The lowest BCUT2D eigenvalue weighted by atomic mass is 10.3. The van der Waals surface area contributed by atoms with Crippen LogP contribution in [0.5, 0.6) is 0 Å². The van der Waals surface area contributed by atoms with Gasteiger partial charge in [0.15, 0.2) is 0 Å². The summed E-state index contributed by atoms with van der Waals surface area (Å²) >= 11 is 1.57. The summed E-state index contributed by atoms with van der Waals surface area (Å²) < 4.78 is 27.7. The van der Waals surface area contributed by atoms with Gasteiger partial charge in [-0.05, 0) is 49.5 Å². The maximum Gasteiger partial charge on any atom is 0.244 e. The minimum Gasteiger partial charge on any atom is -0.309 e. The van der Waals surface area contributed by atoms with Crippen molar-refractivity contribution in [1.82, 2.24) is 9.62 Å². The highest BCUT2D eigenvalue weighted by Crippen LogP contribution is 2.34. The Kier molecular flexibility index (Phi) is 4.41. The second-order valence-corrected chi connectivity index (χ2v) is 9.06. The Bertz CT molecular complexity index is 601. The molecule has 0 amide bonds. The third-order valence-electron chi connectivity index (χ3n) is 4.23. The molecule has 4 nitrogen and oxygen atoms in total. The Balaban J connectivity index is 1.83. The van der Waals surface area contributed by atoms with Gasteiger partial charge in [0.1, 0.15) is 4.90 Å². The van der Waals surface area contributed by atoms with Gasteiger partial charge in [-0.1, -0.05) is 6.92 Å². The highest BCUT2D eigenvalue weighted by atomic mass is 32.2. The fourth-order valence-corrected chi connectivity index (χ4v) is 5.83. The van der Waals surface area contributed by atoms with Gasteiger partial charge in [0.05, 0.1) is 0 Å². The van der Waals surface area contributed by atoms with Crippen molar-refractivity contribution in [1.29, 1.82) is 0 Å². The van der Waals surface area contributed by atoms with Crippen LogP contribution in [-0.2, 0) is 16.6 Å². The van der Waals surface area contributed by atoms with E-state index in [4.69, 9.17) is 0 Å². The maximum absolute atomic E-state index is 13.0. The average Bonchev–Trinajstić information content (AvgIpc) is 3.34. The first-order valence-corrected chi connectivity index (χ1v) is 10.1. The number of aryl methyl sites for hydroxylation is 1. The number of hydrogen-bond donors (Lipinski definition) is 1. The van der Waals surface area contributed by atoms with Gasteiger partial charge in [0, 0.05) is 30.6 Å². The minimum atomic E-state index is -3.35. The Morgan fingerprint density at radius 1 is 1.33 bits per heavy atom. The van der Waals surface area contributed by atoms with E-state index in [1.54, 1.807) is 15.6 Å². The first-order chi connectivity index (χ1) is 10.0. The lowest BCUT2D eigenvalue weighted by Gasteiger charge is -2.21. The third kappa shape index (κ3) is 3.50. The molecule has 1 aromatic heterocycles. The summed E-state index contributed by atoms with van der Waals surface area (Å²) in [5.41, 5.74) is 0.891. The van der Waals surface area contributed by atoms with Crippen LogP contribution in [0.4, 0.5) is 0 Å². The minimum absolute atomic E-state index is 0.558. The smallest absolute Gasteiger partial charge is 0.244 e. The molecule has 3 rings (SSSR count). The molecular weight excluding hydrogens is 304 g/mol. The molecule has 1 N–H and O–H groups in total. The first-order valence-electron chi connectivity index (χ1n) is 7.83. The second kappa shape index (κ2) is 5.99. The van der Waals surface area contributed by atoms with E-state index in [-0.39, 0.29) is 0 Å². The molecule has 6 heteroatoms. The molecular formula is C15H24N2O2S2. The van der Waals surface area contributed by atoms with Crippen LogP contribution in [-0.4, -0.2) is 31.9 Å². The quantitative estimate of drug-likeness (QED) is 0.798. The van der Waals surface area contributed by atoms with Gasteiger partial charge < -0.3 is 5.32 Å². The van der Waals surface area contributed by atoms with Crippen LogP contribution in [0.2, 0.25) is 0 Å². The summed E-state index contributed by atoms with van der Waals surface area (Å²) in [6, 6.07) is 0.594. The number of hydrogen-bond acceptors (Lipinski definition) is 4. The second-order valence-electron chi connectivity index (χ2n) is 6.23. The van der Waals surface area contributed by atoms with E-state index in [0.29, 0.717) is 36.5 Å². The molecule has 21 heavy (non-hydrogen) atoms. The van der Waals surface area contributed by atoms with Crippen molar-refractivity contribution in [2.45, 2.75) is 57.0 Å². The molecule has 2 fully saturated rings. The fraction of sp³-hybridized carbons (Fsp3) is 0.733. The molecule has 0 atom stereocenters. The van der Waals surface area contributed by atoms with Crippen LogP contribution in [0.1, 0.15) is 43.0 Å². The van der Waals surface area contributed by atoms with E-state index in [2.05, 4.69) is 5.32 Å². The van der Waals surface area contributed by atoms with E-state index in [0.717, 1.165) is 10.4 Å². The number of sulfonamides is 1. The summed E-state index contributed by atoms with van der Waals surface area (Å²) in [5, 5.41) is 5.41. The van der Waals surface area contributed by atoms with Crippen molar-refractivity contribution < 1.29 is 8.42 Å². The number of nitrogens with zero attached hydrogens (tertiary/aromatic N) is 1. The number of rotatable bonds is 8. The summed E-state index contributed by atoms with van der Waals surface area (Å²) in [7, 11) is -3.35. The third-order valence-corrected chi connectivity index (χ3v) is 7.63. The normalized spacial score (nSPS) is 19.4. The molecule has 0 spiro atoms. The van der Waals surface area contributed by atoms with E-state index < -0.39 is 10.0 Å². The van der Waals surface area contributed by atoms with Gasteiger partial charge in [-0.3, -0.25) is 0 Å². The van der Waals surface area contributed by atoms with Crippen molar-refractivity contribution in [2.24, 2.45) is 5.92 Å². The van der Waals surface area contributed by atoms with Crippen LogP contribution < -0.4 is 5.32 Å². The molecule has 0 saturated heterocycles. The van der Waals surface area contributed by atoms with Crippen molar-refractivity contribution in [2.75, 3.05) is 13.1 Å². The largest absolute Gasteiger partial charge is 0.309 e. The number of nitrogens with one attached hydrogen (secondary N) is 1. The Morgan fingerprint density at radius 3 is 2.62 bits per heavy atom. The van der Waals surface area contributed by atoms with Gasteiger partial charge in [-0.25, -0.2) is 8.42 Å². The van der Waals surface area contributed by atoms with Crippen molar-refractivity contribution in [3.63, 3.8) is 0 Å². The molecule has 1 aromatic rings. The van der Waals surface area contributed by atoms with Gasteiger partial charge in [-0.2, -0.15) is 4.31 Å². The van der Waals surface area contributed by atoms with Crippen LogP contribution >= 0.6 is 11.3 Å². The van der Waals surface area contributed by atoms with Gasteiger partial charge in [0.25, 0.3) is 0 Å². The van der Waals surface area contributed by atoms with Crippen LogP contribution in [0, 0.1) is 12.8 Å². The van der Waals surface area contributed by atoms with E-state index >= 15 is 0 Å². The van der Waals surface area contributed by atoms with Crippen molar-refractivity contribution >= 4 is 21.4 Å². The van der Waals surface area contributed by atoms with Crippen LogP contribution in [0.3, 0.4) is 0 Å². The standard InChI is InChI=1S/C15H24N2O2S2/c1-3-17(9-12-4-5-12)21(18,19)15-11(2)10-20-14(15)8-16-13-6-7-13/h10,12-13,16H,3-9H2,1-2H3. The van der Waals surface area contributed by atoms with E-state index in [1.807, 2.05) is 19.2 Å². The molecule has 0 aromatic carbocycles. The highest BCUT2D eigenvalue weighted by molar-refractivity contribution is 7.89. The maximum atomic E-state index is 13.0. The molecule has 0 radical (unpaired) electrons. The van der Waals surface area contributed by atoms with E-state index in [9.17, 15) is 8.42 Å². The highest BCUT2D eigenvalue weighted by Gasteiger charge is 2.33.